The Morgan fingerprint density at radius 2 is 1.77 bits per heavy atom. The van der Waals surface area contributed by atoms with Gasteiger partial charge in [0.2, 0.25) is 0 Å². The smallest absolute Gasteiger partial charge is 0.0777 e. The van der Waals surface area contributed by atoms with Crippen LogP contribution in [0.5, 0.6) is 0 Å². The van der Waals surface area contributed by atoms with E-state index in [1.807, 2.05) is 0 Å². The molecule has 4 aliphatic rings. The van der Waals surface area contributed by atoms with Crippen LogP contribution in [0.1, 0.15) is 112 Å². The summed E-state index contributed by atoms with van der Waals surface area (Å²) in [6.07, 6.45) is 16.5. The van der Waals surface area contributed by atoms with Gasteiger partial charge in [-0.15, -0.1) is 0 Å². The molecule has 3 nitrogen and oxygen atoms in total. The number of nitrogens with one attached hydrogen (secondary N) is 1. The van der Waals surface area contributed by atoms with Crippen molar-refractivity contribution >= 4 is 0 Å². The fourth-order valence-corrected chi connectivity index (χ4v) is 9.05. The van der Waals surface area contributed by atoms with Crippen molar-refractivity contribution in [3.8, 4) is 0 Å². The van der Waals surface area contributed by atoms with Crippen molar-refractivity contribution in [2.75, 3.05) is 6.54 Å². The Balaban J connectivity index is 1.59. The number of fused-ring (bicyclic) bond motifs is 5. The maximum Gasteiger partial charge on any atom is 0.0777 e. The molecule has 31 heavy (non-hydrogen) atoms. The third-order valence-electron chi connectivity index (χ3n) is 10.8. The summed E-state index contributed by atoms with van der Waals surface area (Å²) in [6, 6.07) is 0. The monoisotopic (exact) mass is 431 g/mol. The molecule has 3 N–H and O–H groups in total. The molecular formula is C28H49NO2. The van der Waals surface area contributed by atoms with E-state index in [9.17, 15) is 10.2 Å². The van der Waals surface area contributed by atoms with Gasteiger partial charge in [0.1, 0.15) is 0 Å². The molecule has 0 aliphatic heterocycles. The van der Waals surface area contributed by atoms with Gasteiger partial charge in [-0.05, 0) is 107 Å². The van der Waals surface area contributed by atoms with Crippen molar-refractivity contribution in [1.82, 2.24) is 5.32 Å². The lowest BCUT2D eigenvalue weighted by atomic mass is 9.45. The largest absolute Gasteiger partial charge is 0.393 e. The first-order valence-corrected chi connectivity index (χ1v) is 13.4. The molecule has 0 unspecified atom stereocenters. The van der Waals surface area contributed by atoms with Crippen LogP contribution in [0, 0.1) is 28.6 Å². The summed E-state index contributed by atoms with van der Waals surface area (Å²) >= 11 is 0. The van der Waals surface area contributed by atoms with Crippen molar-refractivity contribution in [1.29, 1.82) is 0 Å². The summed E-state index contributed by atoms with van der Waals surface area (Å²) < 4.78 is 0. The summed E-state index contributed by atoms with van der Waals surface area (Å²) in [4.78, 5) is 0. The van der Waals surface area contributed by atoms with Crippen LogP contribution in [0.4, 0.5) is 0 Å². The third-order valence-corrected chi connectivity index (χ3v) is 10.8. The topological polar surface area (TPSA) is 52.5 Å². The second kappa shape index (κ2) is 8.44. The molecule has 0 spiro atoms. The Hall–Kier alpha value is -0.380. The van der Waals surface area contributed by atoms with E-state index in [2.05, 4.69) is 46.0 Å². The molecule has 0 aromatic heterocycles. The zero-order valence-electron chi connectivity index (χ0n) is 21.0. The summed E-state index contributed by atoms with van der Waals surface area (Å²) in [5, 5.41) is 25.8. The van der Waals surface area contributed by atoms with E-state index in [0.29, 0.717) is 5.92 Å². The average molecular weight is 432 g/mol. The van der Waals surface area contributed by atoms with Gasteiger partial charge < -0.3 is 15.5 Å². The molecule has 178 valence electrons. The molecule has 0 amide bonds. The van der Waals surface area contributed by atoms with Crippen molar-refractivity contribution in [3.05, 3.63) is 11.6 Å². The molecule has 3 fully saturated rings. The maximum atomic E-state index is 11.5. The van der Waals surface area contributed by atoms with Crippen LogP contribution in [0.25, 0.3) is 0 Å². The maximum absolute atomic E-state index is 11.5. The van der Waals surface area contributed by atoms with Gasteiger partial charge in [-0.1, -0.05) is 51.7 Å². The first-order chi connectivity index (χ1) is 14.6. The fraction of sp³-hybridized carbons (Fsp3) is 0.929. The van der Waals surface area contributed by atoms with Crippen LogP contribution >= 0.6 is 0 Å². The number of aliphatic hydroxyl groups excluding tert-OH is 1. The molecule has 3 saturated carbocycles. The Morgan fingerprint density at radius 3 is 2.48 bits per heavy atom. The van der Waals surface area contributed by atoms with Crippen molar-refractivity contribution in [2.45, 2.75) is 129 Å². The number of rotatable bonds is 7. The number of hydrogen-bond acceptors (Lipinski definition) is 3. The Bertz CT molecular complexity index is 681. The van der Waals surface area contributed by atoms with Crippen molar-refractivity contribution < 1.29 is 10.2 Å². The van der Waals surface area contributed by atoms with E-state index < -0.39 is 5.60 Å². The number of allylic oxidation sites excluding steroid dienone is 1. The first kappa shape index (κ1) is 23.8. The standard InChI is InChI=1S/C28H49NO2/c1-6-7-8-9-18-29-28(25(2,3)31)17-14-24-22-11-10-20-19-21(30)12-15-26(20,4)23(22)13-16-27(24,28)5/h10,21-24,29-31H,6-9,11-19H2,1-5H3/t21-,22+,23-,24-,26-,27-,28-/m0/s1. The predicted molar refractivity (Wildman–Crippen MR) is 129 cm³/mol. The van der Waals surface area contributed by atoms with Gasteiger partial charge in [0.05, 0.1) is 17.2 Å². The van der Waals surface area contributed by atoms with Gasteiger partial charge in [-0.25, -0.2) is 0 Å². The predicted octanol–water partition coefficient (Wildman–Crippen LogP) is 5.99. The average Bonchev–Trinajstić information content (AvgIpc) is 3.02. The van der Waals surface area contributed by atoms with E-state index in [1.54, 1.807) is 5.57 Å². The van der Waals surface area contributed by atoms with Gasteiger partial charge in [0, 0.05) is 0 Å². The lowest BCUT2D eigenvalue weighted by molar-refractivity contribution is -0.124. The van der Waals surface area contributed by atoms with Gasteiger partial charge in [0.15, 0.2) is 0 Å². The number of aliphatic hydroxyl groups is 2. The molecule has 0 saturated heterocycles. The van der Waals surface area contributed by atoms with E-state index in [0.717, 1.165) is 44.1 Å². The quantitative estimate of drug-likeness (QED) is 0.343. The summed E-state index contributed by atoms with van der Waals surface area (Å²) in [5.41, 5.74) is 1.08. The van der Waals surface area contributed by atoms with Crippen LogP contribution in [0.3, 0.4) is 0 Å². The van der Waals surface area contributed by atoms with Crippen LogP contribution in [0.15, 0.2) is 11.6 Å². The summed E-state index contributed by atoms with van der Waals surface area (Å²) in [5.74, 6) is 2.16. The van der Waals surface area contributed by atoms with Gasteiger partial charge in [-0.2, -0.15) is 0 Å². The highest BCUT2D eigenvalue weighted by Crippen LogP contribution is 2.68. The van der Waals surface area contributed by atoms with E-state index >= 15 is 0 Å². The molecule has 0 heterocycles. The Labute approximate surface area is 191 Å². The molecule has 3 heteroatoms. The summed E-state index contributed by atoms with van der Waals surface area (Å²) in [7, 11) is 0. The fourth-order valence-electron chi connectivity index (χ4n) is 9.05. The zero-order valence-corrected chi connectivity index (χ0v) is 21.0. The molecule has 4 aliphatic carbocycles. The van der Waals surface area contributed by atoms with Crippen molar-refractivity contribution in [3.63, 3.8) is 0 Å². The lowest BCUT2D eigenvalue weighted by Crippen LogP contribution is -2.69. The highest BCUT2D eigenvalue weighted by Gasteiger charge is 2.67. The highest BCUT2D eigenvalue weighted by atomic mass is 16.3. The van der Waals surface area contributed by atoms with Crippen LogP contribution in [-0.4, -0.2) is 34.0 Å². The number of hydrogen-bond donors (Lipinski definition) is 3. The minimum absolute atomic E-state index is 0.129. The SMILES string of the molecule is CCCCCCN[C@]1(C(C)(C)O)CC[C@H]2[C@@H]3CC=C4C[C@@H](O)CC[C@]4(C)[C@H]3CC[C@@]21C. The molecule has 0 bridgehead atoms. The molecule has 0 aromatic carbocycles. The second-order valence-electron chi connectivity index (χ2n) is 12.6. The van der Waals surface area contributed by atoms with E-state index in [1.165, 1.54) is 51.4 Å². The third kappa shape index (κ3) is 3.66. The minimum atomic E-state index is -0.720. The Morgan fingerprint density at radius 1 is 1.03 bits per heavy atom. The molecule has 7 atom stereocenters. The van der Waals surface area contributed by atoms with E-state index in [-0.39, 0.29) is 22.5 Å². The zero-order chi connectivity index (χ0) is 22.5. The first-order valence-electron chi connectivity index (χ1n) is 13.4. The van der Waals surface area contributed by atoms with E-state index in [4.69, 9.17) is 0 Å². The van der Waals surface area contributed by atoms with Crippen LogP contribution < -0.4 is 5.32 Å². The van der Waals surface area contributed by atoms with Crippen LogP contribution in [0.2, 0.25) is 0 Å². The summed E-state index contributed by atoms with van der Waals surface area (Å²) in [6.45, 7) is 12.5. The normalized spacial score (nSPS) is 44.9. The Kier molecular flexibility index (Phi) is 6.47. The van der Waals surface area contributed by atoms with Crippen molar-refractivity contribution in [2.24, 2.45) is 28.6 Å². The number of unbranched alkanes of at least 4 members (excludes halogenated alkanes) is 3. The minimum Gasteiger partial charge on any atom is -0.393 e. The molecule has 0 radical (unpaired) electrons. The van der Waals surface area contributed by atoms with Gasteiger partial charge in [0.25, 0.3) is 0 Å². The van der Waals surface area contributed by atoms with Crippen LogP contribution in [-0.2, 0) is 0 Å². The van der Waals surface area contributed by atoms with Gasteiger partial charge in [-0.3, -0.25) is 0 Å². The second-order valence-corrected chi connectivity index (χ2v) is 12.6. The molecule has 0 aromatic rings. The molecular weight excluding hydrogens is 382 g/mol. The highest BCUT2D eigenvalue weighted by molar-refractivity contribution is 5.28. The molecule has 4 rings (SSSR count). The lowest BCUT2D eigenvalue weighted by Gasteiger charge is -2.62. The van der Waals surface area contributed by atoms with Gasteiger partial charge >= 0.3 is 0 Å².